The number of benzene rings is 1. The van der Waals surface area contributed by atoms with Gasteiger partial charge in [-0.15, -0.1) is 0 Å². The minimum atomic E-state index is -3.60. The van der Waals surface area contributed by atoms with Gasteiger partial charge in [-0.3, -0.25) is 4.79 Å². The van der Waals surface area contributed by atoms with Gasteiger partial charge in [0.15, 0.2) is 0 Å². The Kier molecular flexibility index (Phi) is 7.29. The molecule has 2 amide bonds. The first-order valence-electron chi connectivity index (χ1n) is 9.82. The van der Waals surface area contributed by atoms with Gasteiger partial charge < -0.3 is 14.5 Å². The predicted octanol–water partition coefficient (Wildman–Crippen LogP) is 2.46. The van der Waals surface area contributed by atoms with Crippen LogP contribution >= 0.6 is 0 Å². The van der Waals surface area contributed by atoms with Crippen LogP contribution in [0, 0.1) is 0 Å². The van der Waals surface area contributed by atoms with E-state index in [1.165, 1.54) is 24.3 Å². The zero-order valence-electron chi connectivity index (χ0n) is 17.8. The van der Waals surface area contributed by atoms with E-state index >= 15 is 0 Å². The number of hydrogen-bond acceptors (Lipinski definition) is 5. The molecule has 0 saturated carbocycles. The molecule has 0 radical (unpaired) electrons. The predicted molar refractivity (Wildman–Crippen MR) is 110 cm³/mol. The van der Waals surface area contributed by atoms with Crippen LogP contribution in [-0.4, -0.2) is 68.0 Å². The van der Waals surface area contributed by atoms with Crippen LogP contribution in [0.15, 0.2) is 29.2 Å². The highest BCUT2D eigenvalue weighted by atomic mass is 32.2. The van der Waals surface area contributed by atoms with Crippen molar-refractivity contribution < 1.29 is 22.7 Å². The third-order valence-corrected chi connectivity index (χ3v) is 6.20. The van der Waals surface area contributed by atoms with E-state index in [0.717, 1.165) is 0 Å². The number of piperazine rings is 1. The third-order valence-electron chi connectivity index (χ3n) is 4.60. The average molecular weight is 426 g/mol. The van der Waals surface area contributed by atoms with Crippen molar-refractivity contribution in [2.45, 2.75) is 57.6 Å². The first kappa shape index (κ1) is 23.2. The van der Waals surface area contributed by atoms with Crippen molar-refractivity contribution >= 4 is 22.0 Å². The molecule has 0 aromatic heterocycles. The number of nitrogens with zero attached hydrogens (tertiary/aromatic N) is 2. The zero-order chi connectivity index (χ0) is 21.8. The van der Waals surface area contributed by atoms with Gasteiger partial charge >= 0.3 is 6.09 Å². The van der Waals surface area contributed by atoms with Gasteiger partial charge in [-0.05, 0) is 58.4 Å². The van der Waals surface area contributed by atoms with Gasteiger partial charge in [0.25, 0.3) is 5.91 Å². The molecule has 0 bridgehead atoms. The Morgan fingerprint density at radius 2 is 1.59 bits per heavy atom. The monoisotopic (exact) mass is 425 g/mol. The number of amides is 2. The molecule has 162 valence electrons. The number of carbonyl (C=O) groups excluding carboxylic acids is 2. The van der Waals surface area contributed by atoms with Crippen molar-refractivity contribution in [1.82, 2.24) is 14.5 Å². The highest BCUT2D eigenvalue weighted by Crippen LogP contribution is 2.16. The normalized spacial score (nSPS) is 16.4. The van der Waals surface area contributed by atoms with E-state index in [9.17, 15) is 18.0 Å². The summed E-state index contributed by atoms with van der Waals surface area (Å²) in [7, 11) is -3.60. The Balaban J connectivity index is 1.97. The van der Waals surface area contributed by atoms with Crippen LogP contribution < -0.4 is 4.72 Å². The van der Waals surface area contributed by atoms with Gasteiger partial charge in [-0.1, -0.05) is 6.92 Å². The van der Waals surface area contributed by atoms with Crippen molar-refractivity contribution in [2.24, 2.45) is 0 Å². The maximum Gasteiger partial charge on any atom is 0.410 e. The van der Waals surface area contributed by atoms with Crippen molar-refractivity contribution in [1.29, 1.82) is 0 Å². The largest absolute Gasteiger partial charge is 0.444 e. The molecule has 1 fully saturated rings. The molecule has 1 heterocycles. The number of rotatable bonds is 5. The van der Waals surface area contributed by atoms with Crippen LogP contribution in [-0.2, 0) is 14.8 Å². The van der Waals surface area contributed by atoms with Crippen LogP contribution in [0.1, 0.15) is 51.4 Å². The molecule has 0 aliphatic carbocycles. The fourth-order valence-electron chi connectivity index (χ4n) is 2.79. The van der Waals surface area contributed by atoms with E-state index in [4.69, 9.17) is 4.74 Å². The fourth-order valence-corrected chi connectivity index (χ4v) is 4.12. The van der Waals surface area contributed by atoms with Crippen molar-refractivity contribution in [3.05, 3.63) is 29.8 Å². The van der Waals surface area contributed by atoms with Gasteiger partial charge in [-0.25, -0.2) is 17.9 Å². The summed E-state index contributed by atoms with van der Waals surface area (Å²) >= 11 is 0. The summed E-state index contributed by atoms with van der Waals surface area (Å²) in [6.45, 7) is 10.7. The Labute approximate surface area is 173 Å². The lowest BCUT2D eigenvalue weighted by atomic mass is 10.2. The molecule has 8 nitrogen and oxygen atoms in total. The fraction of sp³-hybridized carbons (Fsp3) is 0.600. The van der Waals surface area contributed by atoms with Gasteiger partial charge in [0.1, 0.15) is 5.60 Å². The summed E-state index contributed by atoms with van der Waals surface area (Å²) in [4.78, 5) is 28.2. The molecule has 1 atom stereocenters. The second kappa shape index (κ2) is 9.13. The number of carbonyl (C=O) groups is 2. The van der Waals surface area contributed by atoms with E-state index in [1.54, 1.807) is 16.7 Å². The lowest BCUT2D eigenvalue weighted by molar-refractivity contribution is 0.0141. The van der Waals surface area contributed by atoms with Crippen LogP contribution in [0.5, 0.6) is 0 Å². The van der Waals surface area contributed by atoms with E-state index in [2.05, 4.69) is 4.72 Å². The quantitative estimate of drug-likeness (QED) is 0.782. The molecular formula is C20H31N3O5S. The number of nitrogens with one attached hydrogen (secondary N) is 1. The molecule has 29 heavy (non-hydrogen) atoms. The Bertz CT molecular complexity index is 823. The van der Waals surface area contributed by atoms with Gasteiger partial charge in [0.05, 0.1) is 4.90 Å². The Morgan fingerprint density at radius 1 is 1.07 bits per heavy atom. The molecule has 1 aliphatic rings. The van der Waals surface area contributed by atoms with E-state index in [-0.39, 0.29) is 22.9 Å². The van der Waals surface area contributed by atoms with Crippen molar-refractivity contribution in [3.63, 3.8) is 0 Å². The maximum atomic E-state index is 12.7. The summed E-state index contributed by atoms with van der Waals surface area (Å²) in [6.07, 6.45) is 0.304. The second-order valence-corrected chi connectivity index (χ2v) is 9.93. The zero-order valence-corrected chi connectivity index (χ0v) is 18.6. The second-order valence-electron chi connectivity index (χ2n) is 8.21. The molecule has 1 unspecified atom stereocenters. The molecular weight excluding hydrogens is 394 g/mol. The third kappa shape index (κ3) is 6.43. The summed E-state index contributed by atoms with van der Waals surface area (Å²) in [6, 6.07) is 5.76. The van der Waals surface area contributed by atoms with Crippen LogP contribution in [0.2, 0.25) is 0 Å². The Morgan fingerprint density at radius 3 is 2.07 bits per heavy atom. The van der Waals surface area contributed by atoms with Crippen LogP contribution in [0.25, 0.3) is 0 Å². The number of hydrogen-bond donors (Lipinski definition) is 1. The van der Waals surface area contributed by atoms with E-state index < -0.39 is 15.6 Å². The minimum absolute atomic E-state index is 0.129. The highest BCUT2D eigenvalue weighted by molar-refractivity contribution is 7.89. The number of ether oxygens (including phenoxy) is 1. The van der Waals surface area contributed by atoms with Crippen LogP contribution in [0.4, 0.5) is 4.79 Å². The molecule has 0 spiro atoms. The van der Waals surface area contributed by atoms with Gasteiger partial charge in [0, 0.05) is 37.8 Å². The molecule has 1 aromatic carbocycles. The summed E-state index contributed by atoms with van der Waals surface area (Å²) in [5, 5.41) is 0. The Hall–Kier alpha value is -2.13. The molecule has 1 aliphatic heterocycles. The first-order valence-corrected chi connectivity index (χ1v) is 11.3. The summed E-state index contributed by atoms with van der Waals surface area (Å²) < 4.78 is 32.6. The SMILES string of the molecule is CCC(C)NS(=O)(=O)c1ccc(C(=O)N2CCN(C(=O)OC(C)(C)C)CC2)cc1. The topological polar surface area (TPSA) is 96.0 Å². The molecule has 2 rings (SSSR count). The molecule has 9 heteroatoms. The maximum absolute atomic E-state index is 12.7. The lowest BCUT2D eigenvalue weighted by Gasteiger charge is -2.35. The first-order chi connectivity index (χ1) is 13.4. The summed E-state index contributed by atoms with van der Waals surface area (Å²) in [5.74, 6) is -0.187. The van der Waals surface area contributed by atoms with E-state index in [0.29, 0.717) is 38.2 Å². The minimum Gasteiger partial charge on any atom is -0.444 e. The summed E-state index contributed by atoms with van der Waals surface area (Å²) in [5.41, 5.74) is -0.145. The molecule has 1 saturated heterocycles. The van der Waals surface area contributed by atoms with Gasteiger partial charge in [-0.2, -0.15) is 0 Å². The lowest BCUT2D eigenvalue weighted by Crippen LogP contribution is -2.51. The molecule has 1 aromatic rings. The van der Waals surface area contributed by atoms with Crippen LogP contribution in [0.3, 0.4) is 0 Å². The standard InChI is InChI=1S/C20H31N3O5S/c1-6-15(2)21-29(26,27)17-9-7-16(8-10-17)18(24)22-11-13-23(14-12-22)19(25)28-20(3,4)5/h7-10,15,21H,6,11-14H2,1-5H3. The van der Waals surface area contributed by atoms with Crippen molar-refractivity contribution in [2.75, 3.05) is 26.2 Å². The average Bonchev–Trinajstić information content (AvgIpc) is 2.66. The number of sulfonamides is 1. The molecule has 1 N–H and O–H groups in total. The van der Waals surface area contributed by atoms with Crippen molar-refractivity contribution in [3.8, 4) is 0 Å². The highest BCUT2D eigenvalue weighted by Gasteiger charge is 2.28. The van der Waals surface area contributed by atoms with Gasteiger partial charge in [0.2, 0.25) is 10.0 Å². The smallest absolute Gasteiger partial charge is 0.410 e. The van der Waals surface area contributed by atoms with E-state index in [1.807, 2.05) is 27.7 Å².